The summed E-state index contributed by atoms with van der Waals surface area (Å²) in [5.41, 5.74) is -0.922. The second-order valence-corrected chi connectivity index (χ2v) is 7.77. The molecule has 4 heterocycles. The predicted octanol–water partition coefficient (Wildman–Crippen LogP) is 4.08. The minimum absolute atomic E-state index is 0.00179. The molecule has 0 saturated carbocycles. The maximum absolute atomic E-state index is 13.8. The monoisotopic (exact) mass is 405 g/mol. The van der Waals surface area contributed by atoms with Crippen LogP contribution >= 0.6 is 0 Å². The SMILES string of the molecule is C[C@@H]1COCCN1c1cc(C(C)(C)C(F)(F)F)nc(-c2ccnc3[nH]ccc23)n1. The van der Waals surface area contributed by atoms with Crippen LogP contribution in [0.2, 0.25) is 0 Å². The fraction of sp³-hybridized carbons (Fsp3) is 0.450. The lowest BCUT2D eigenvalue weighted by atomic mass is 9.88. The van der Waals surface area contributed by atoms with Gasteiger partial charge in [0.1, 0.15) is 16.9 Å². The Morgan fingerprint density at radius 3 is 2.72 bits per heavy atom. The highest BCUT2D eigenvalue weighted by molar-refractivity contribution is 5.91. The van der Waals surface area contributed by atoms with Crippen molar-refractivity contribution in [3.63, 3.8) is 0 Å². The van der Waals surface area contributed by atoms with E-state index in [1.54, 1.807) is 18.5 Å². The molecule has 0 amide bonds. The van der Waals surface area contributed by atoms with Gasteiger partial charge < -0.3 is 14.6 Å². The van der Waals surface area contributed by atoms with Crippen molar-refractivity contribution in [1.29, 1.82) is 0 Å². The van der Waals surface area contributed by atoms with Crippen LogP contribution in [-0.2, 0) is 10.2 Å². The number of anilines is 1. The second kappa shape index (κ2) is 6.98. The van der Waals surface area contributed by atoms with Gasteiger partial charge in [-0.3, -0.25) is 0 Å². The molecule has 1 aliphatic rings. The molecule has 0 aliphatic carbocycles. The van der Waals surface area contributed by atoms with E-state index in [0.717, 1.165) is 19.2 Å². The van der Waals surface area contributed by atoms with Crippen molar-refractivity contribution in [1.82, 2.24) is 19.9 Å². The lowest BCUT2D eigenvalue weighted by Crippen LogP contribution is -2.44. The van der Waals surface area contributed by atoms with E-state index >= 15 is 0 Å². The Labute approximate surface area is 166 Å². The number of nitrogens with zero attached hydrogens (tertiary/aromatic N) is 4. The molecule has 0 aromatic carbocycles. The number of aromatic amines is 1. The van der Waals surface area contributed by atoms with Crippen LogP contribution in [0.25, 0.3) is 22.4 Å². The van der Waals surface area contributed by atoms with Gasteiger partial charge in [0.2, 0.25) is 0 Å². The molecule has 3 aromatic rings. The number of fused-ring (bicyclic) bond motifs is 1. The minimum Gasteiger partial charge on any atom is -0.377 e. The Balaban J connectivity index is 1.92. The average molecular weight is 405 g/mol. The number of rotatable bonds is 3. The molecule has 6 nitrogen and oxygen atoms in total. The van der Waals surface area contributed by atoms with Crippen LogP contribution in [-0.4, -0.2) is 51.9 Å². The third-order valence-electron chi connectivity index (χ3n) is 5.42. The van der Waals surface area contributed by atoms with Crippen molar-refractivity contribution in [3.05, 3.63) is 36.3 Å². The molecule has 3 aromatic heterocycles. The Hall–Kier alpha value is -2.68. The number of alkyl halides is 3. The summed E-state index contributed by atoms with van der Waals surface area (Å²) in [4.78, 5) is 18.2. The Kier molecular flexibility index (Phi) is 4.72. The van der Waals surface area contributed by atoms with Gasteiger partial charge in [0.05, 0.1) is 24.9 Å². The molecule has 1 fully saturated rings. The fourth-order valence-corrected chi connectivity index (χ4v) is 3.39. The van der Waals surface area contributed by atoms with E-state index in [2.05, 4.69) is 19.9 Å². The zero-order valence-corrected chi connectivity index (χ0v) is 16.4. The number of hydrogen-bond donors (Lipinski definition) is 1. The zero-order chi connectivity index (χ0) is 20.8. The summed E-state index contributed by atoms with van der Waals surface area (Å²) in [6.45, 7) is 5.80. The van der Waals surface area contributed by atoms with Gasteiger partial charge in [0.25, 0.3) is 0 Å². The molecule has 9 heteroatoms. The fourth-order valence-electron chi connectivity index (χ4n) is 3.39. The summed E-state index contributed by atoms with van der Waals surface area (Å²) in [5.74, 6) is 0.721. The maximum Gasteiger partial charge on any atom is 0.399 e. The van der Waals surface area contributed by atoms with E-state index in [1.165, 1.54) is 6.07 Å². The first-order valence-corrected chi connectivity index (χ1v) is 9.41. The second-order valence-electron chi connectivity index (χ2n) is 7.77. The van der Waals surface area contributed by atoms with Crippen molar-refractivity contribution < 1.29 is 17.9 Å². The van der Waals surface area contributed by atoms with Crippen LogP contribution in [0, 0.1) is 0 Å². The number of pyridine rings is 1. The molecule has 0 radical (unpaired) electrons. The summed E-state index contributed by atoms with van der Waals surface area (Å²) in [6.07, 6.45) is -1.13. The van der Waals surface area contributed by atoms with E-state index in [0.29, 0.717) is 36.8 Å². The van der Waals surface area contributed by atoms with Crippen molar-refractivity contribution in [2.75, 3.05) is 24.7 Å². The Morgan fingerprint density at radius 2 is 2.00 bits per heavy atom. The van der Waals surface area contributed by atoms with Gasteiger partial charge in [-0.2, -0.15) is 13.2 Å². The lowest BCUT2D eigenvalue weighted by Gasteiger charge is -2.35. The molecule has 4 rings (SSSR count). The summed E-state index contributed by atoms with van der Waals surface area (Å²) in [6, 6.07) is 4.99. The Bertz CT molecular complexity index is 1030. The Morgan fingerprint density at radius 1 is 1.21 bits per heavy atom. The number of halogens is 3. The topological polar surface area (TPSA) is 66.9 Å². The lowest BCUT2D eigenvalue weighted by molar-refractivity contribution is -0.181. The summed E-state index contributed by atoms with van der Waals surface area (Å²) >= 11 is 0. The first kappa shape index (κ1) is 19.6. The molecular weight excluding hydrogens is 383 g/mol. The van der Waals surface area contributed by atoms with Gasteiger partial charge in [0, 0.05) is 36.0 Å². The van der Waals surface area contributed by atoms with Gasteiger partial charge in [0.15, 0.2) is 5.82 Å². The average Bonchev–Trinajstić information content (AvgIpc) is 3.16. The van der Waals surface area contributed by atoms with Gasteiger partial charge in [-0.25, -0.2) is 15.0 Å². The van der Waals surface area contributed by atoms with Crippen LogP contribution in [0.4, 0.5) is 19.0 Å². The summed E-state index contributed by atoms with van der Waals surface area (Å²) < 4.78 is 46.9. The molecule has 1 N–H and O–H groups in total. The summed E-state index contributed by atoms with van der Waals surface area (Å²) in [7, 11) is 0. The largest absolute Gasteiger partial charge is 0.399 e. The minimum atomic E-state index is -4.45. The first-order valence-electron chi connectivity index (χ1n) is 9.41. The highest BCUT2D eigenvalue weighted by atomic mass is 19.4. The third-order valence-corrected chi connectivity index (χ3v) is 5.42. The van der Waals surface area contributed by atoms with Crippen LogP contribution in [0.15, 0.2) is 30.6 Å². The van der Waals surface area contributed by atoms with Gasteiger partial charge >= 0.3 is 6.18 Å². The number of morpholine rings is 1. The van der Waals surface area contributed by atoms with Crippen LogP contribution in [0.1, 0.15) is 26.5 Å². The number of H-pyrrole nitrogens is 1. The number of nitrogens with one attached hydrogen (secondary N) is 1. The zero-order valence-electron chi connectivity index (χ0n) is 16.4. The molecule has 0 unspecified atom stereocenters. The van der Waals surface area contributed by atoms with Crippen molar-refractivity contribution in [2.45, 2.75) is 38.4 Å². The smallest absolute Gasteiger partial charge is 0.377 e. The normalized spacial score (nSPS) is 18.4. The number of ether oxygens (including phenoxy) is 1. The molecule has 1 atom stereocenters. The molecule has 154 valence electrons. The van der Waals surface area contributed by atoms with Crippen LogP contribution in [0.5, 0.6) is 0 Å². The molecule has 1 aliphatic heterocycles. The number of aromatic nitrogens is 4. The molecule has 0 bridgehead atoms. The maximum atomic E-state index is 13.8. The van der Waals surface area contributed by atoms with Gasteiger partial charge in [-0.05, 0) is 32.9 Å². The number of hydrogen-bond acceptors (Lipinski definition) is 5. The van der Waals surface area contributed by atoms with Gasteiger partial charge in [-0.15, -0.1) is 0 Å². The first-order chi connectivity index (χ1) is 13.7. The third kappa shape index (κ3) is 3.43. The molecule has 29 heavy (non-hydrogen) atoms. The van der Waals surface area contributed by atoms with E-state index in [1.807, 2.05) is 17.9 Å². The predicted molar refractivity (Wildman–Crippen MR) is 104 cm³/mol. The van der Waals surface area contributed by atoms with Crippen molar-refractivity contribution >= 4 is 16.9 Å². The van der Waals surface area contributed by atoms with Gasteiger partial charge in [-0.1, -0.05) is 0 Å². The van der Waals surface area contributed by atoms with Crippen LogP contribution in [0.3, 0.4) is 0 Å². The van der Waals surface area contributed by atoms with E-state index < -0.39 is 11.6 Å². The molecule has 1 saturated heterocycles. The summed E-state index contributed by atoms with van der Waals surface area (Å²) in [5, 5.41) is 0.760. The standard InChI is InChI=1S/C20H22F3N5O/c1-12-11-29-9-8-28(12)16-10-15(19(2,3)20(21,22)23)26-18(27-16)14-5-7-25-17-13(14)4-6-24-17/h4-7,10,12H,8-9,11H2,1-3H3,(H,24,25)/t12-/m1/s1. The van der Waals surface area contributed by atoms with E-state index in [4.69, 9.17) is 4.74 Å². The van der Waals surface area contributed by atoms with Crippen molar-refractivity contribution in [2.24, 2.45) is 0 Å². The van der Waals surface area contributed by atoms with Crippen LogP contribution < -0.4 is 4.90 Å². The molecular formula is C20H22F3N5O. The quantitative estimate of drug-likeness (QED) is 0.711. The highest BCUT2D eigenvalue weighted by Crippen LogP contribution is 2.41. The van der Waals surface area contributed by atoms with Crippen molar-refractivity contribution in [3.8, 4) is 11.4 Å². The highest BCUT2D eigenvalue weighted by Gasteiger charge is 2.50. The van der Waals surface area contributed by atoms with E-state index in [9.17, 15) is 13.2 Å². The van der Waals surface area contributed by atoms with E-state index in [-0.39, 0.29) is 17.6 Å². The molecule has 0 spiro atoms.